The molecule has 0 aliphatic heterocycles. The number of carbonyl (C=O) groups is 1. The molecule has 0 spiro atoms. The minimum absolute atomic E-state index is 0.0851. The predicted molar refractivity (Wildman–Crippen MR) is 129 cm³/mol. The van der Waals surface area contributed by atoms with Crippen LogP contribution in [0, 0.1) is 0 Å². The van der Waals surface area contributed by atoms with Crippen molar-refractivity contribution in [3.63, 3.8) is 0 Å². The summed E-state index contributed by atoms with van der Waals surface area (Å²) in [4.78, 5) is 17.1. The fourth-order valence-electron chi connectivity index (χ4n) is 3.58. The van der Waals surface area contributed by atoms with E-state index in [-0.39, 0.29) is 10.6 Å². The van der Waals surface area contributed by atoms with Gasteiger partial charge in [0, 0.05) is 10.8 Å². The van der Waals surface area contributed by atoms with Crippen molar-refractivity contribution in [2.75, 3.05) is 0 Å². The largest absolute Gasteiger partial charge is 0.543 e. The minimum Gasteiger partial charge on any atom is -0.543 e. The van der Waals surface area contributed by atoms with Crippen molar-refractivity contribution in [1.82, 2.24) is 4.98 Å². The molecule has 4 aromatic rings. The zero-order chi connectivity index (χ0) is 22.4. The Labute approximate surface area is 183 Å². The number of carboxylic acids is 1. The van der Waals surface area contributed by atoms with Crippen LogP contribution in [0.5, 0.6) is 5.75 Å². The summed E-state index contributed by atoms with van der Waals surface area (Å²) in [5.41, 5.74) is 3.39. The molecule has 4 rings (SSSR count). The van der Waals surface area contributed by atoms with E-state index in [2.05, 4.69) is 33.9 Å². The fraction of sp³-hybridized carbons (Fsp3) is 0.231. The van der Waals surface area contributed by atoms with Crippen LogP contribution in [0.25, 0.3) is 32.9 Å². The SMILES string of the molecule is CC(C)(C)[Si](C)(C)Oc1cccc(-c2cccc3nc4ccccc4c(C(=O)O)c23)c1. The van der Waals surface area contributed by atoms with Crippen molar-refractivity contribution in [2.24, 2.45) is 0 Å². The van der Waals surface area contributed by atoms with Gasteiger partial charge in [-0.1, -0.05) is 63.2 Å². The predicted octanol–water partition coefficient (Wildman–Crippen LogP) is 7.14. The summed E-state index contributed by atoms with van der Waals surface area (Å²) in [5.74, 6) is -0.142. The van der Waals surface area contributed by atoms with Gasteiger partial charge in [0.05, 0.1) is 16.6 Å². The Morgan fingerprint density at radius 1 is 0.935 bits per heavy atom. The number of hydrogen-bond donors (Lipinski definition) is 1. The zero-order valence-electron chi connectivity index (χ0n) is 18.6. The summed E-state index contributed by atoms with van der Waals surface area (Å²) < 4.78 is 6.50. The van der Waals surface area contributed by atoms with Crippen molar-refractivity contribution >= 4 is 36.1 Å². The molecule has 1 aromatic heterocycles. The lowest BCUT2D eigenvalue weighted by Gasteiger charge is -2.36. The Bertz CT molecular complexity index is 1310. The van der Waals surface area contributed by atoms with E-state index in [1.165, 1.54) is 0 Å². The molecule has 158 valence electrons. The number of benzene rings is 3. The van der Waals surface area contributed by atoms with Gasteiger partial charge in [-0.3, -0.25) is 0 Å². The summed E-state index contributed by atoms with van der Waals surface area (Å²) in [6.45, 7) is 11.1. The molecular formula is C26H27NO3Si. The third kappa shape index (κ3) is 3.81. The maximum absolute atomic E-state index is 12.3. The van der Waals surface area contributed by atoms with E-state index in [1.807, 2.05) is 66.7 Å². The van der Waals surface area contributed by atoms with Crippen molar-refractivity contribution in [2.45, 2.75) is 38.9 Å². The fourth-order valence-corrected chi connectivity index (χ4v) is 4.60. The van der Waals surface area contributed by atoms with Gasteiger partial charge in [-0.2, -0.15) is 0 Å². The molecule has 3 aromatic carbocycles. The van der Waals surface area contributed by atoms with Crippen molar-refractivity contribution in [3.8, 4) is 16.9 Å². The van der Waals surface area contributed by atoms with Crippen LogP contribution in [0.15, 0.2) is 66.7 Å². The zero-order valence-corrected chi connectivity index (χ0v) is 19.6. The first-order chi connectivity index (χ1) is 14.6. The average Bonchev–Trinajstić information content (AvgIpc) is 2.70. The maximum atomic E-state index is 12.3. The number of aromatic carboxylic acids is 1. The van der Waals surface area contributed by atoms with E-state index in [9.17, 15) is 9.90 Å². The number of hydrogen-bond acceptors (Lipinski definition) is 3. The highest BCUT2D eigenvalue weighted by Gasteiger charge is 2.39. The summed E-state index contributed by atoms with van der Waals surface area (Å²) in [6.07, 6.45) is 0. The molecule has 31 heavy (non-hydrogen) atoms. The second-order valence-electron chi connectivity index (χ2n) is 9.40. The molecule has 0 unspecified atom stereocenters. The molecular weight excluding hydrogens is 402 g/mol. The van der Waals surface area contributed by atoms with Crippen LogP contribution in [-0.2, 0) is 0 Å². The molecule has 1 N–H and O–H groups in total. The van der Waals surface area contributed by atoms with Gasteiger partial charge >= 0.3 is 5.97 Å². The Balaban J connectivity index is 1.94. The maximum Gasteiger partial charge on any atom is 0.337 e. The van der Waals surface area contributed by atoms with Gasteiger partial charge in [-0.05, 0) is 53.5 Å². The third-order valence-electron chi connectivity index (χ3n) is 6.24. The first-order valence-corrected chi connectivity index (χ1v) is 13.3. The summed E-state index contributed by atoms with van der Waals surface area (Å²) in [5, 5.41) is 11.5. The highest BCUT2D eigenvalue weighted by atomic mass is 28.4. The smallest absolute Gasteiger partial charge is 0.337 e. The van der Waals surface area contributed by atoms with Gasteiger partial charge in [0.2, 0.25) is 8.32 Å². The molecule has 0 fully saturated rings. The number of carboxylic acid groups (broad SMARTS) is 1. The Hall–Kier alpha value is -3.18. The molecule has 0 saturated carbocycles. The van der Waals surface area contributed by atoms with Crippen LogP contribution in [0.2, 0.25) is 18.1 Å². The van der Waals surface area contributed by atoms with E-state index >= 15 is 0 Å². The summed E-state index contributed by atoms with van der Waals surface area (Å²) >= 11 is 0. The quantitative estimate of drug-likeness (QED) is 0.277. The van der Waals surface area contributed by atoms with Crippen LogP contribution in [0.4, 0.5) is 0 Å². The second-order valence-corrected chi connectivity index (χ2v) is 14.1. The number of para-hydroxylation sites is 1. The number of rotatable bonds is 4. The van der Waals surface area contributed by atoms with E-state index in [0.29, 0.717) is 21.8 Å². The van der Waals surface area contributed by atoms with Crippen LogP contribution in [0.3, 0.4) is 0 Å². The highest BCUT2D eigenvalue weighted by molar-refractivity contribution is 6.74. The molecule has 5 heteroatoms. The molecule has 0 saturated heterocycles. The lowest BCUT2D eigenvalue weighted by atomic mass is 9.94. The van der Waals surface area contributed by atoms with Gasteiger partial charge < -0.3 is 9.53 Å². The second kappa shape index (κ2) is 7.50. The molecule has 0 bridgehead atoms. The Morgan fingerprint density at radius 3 is 2.32 bits per heavy atom. The van der Waals surface area contributed by atoms with Gasteiger partial charge in [0.15, 0.2) is 0 Å². The molecule has 1 heterocycles. The summed E-state index contributed by atoms with van der Waals surface area (Å²) in [6, 6.07) is 21.1. The Morgan fingerprint density at radius 2 is 1.61 bits per heavy atom. The molecule has 0 radical (unpaired) electrons. The van der Waals surface area contributed by atoms with Gasteiger partial charge in [0.1, 0.15) is 5.75 Å². The number of aromatic nitrogens is 1. The van der Waals surface area contributed by atoms with Crippen LogP contribution >= 0.6 is 0 Å². The number of nitrogens with zero attached hydrogens (tertiary/aromatic N) is 1. The first kappa shape index (κ1) is 21.1. The van der Waals surface area contributed by atoms with Crippen LogP contribution < -0.4 is 4.43 Å². The normalized spacial score (nSPS) is 12.3. The molecule has 0 amide bonds. The first-order valence-electron chi connectivity index (χ1n) is 10.4. The highest BCUT2D eigenvalue weighted by Crippen LogP contribution is 2.39. The van der Waals surface area contributed by atoms with Crippen molar-refractivity contribution < 1.29 is 14.3 Å². The van der Waals surface area contributed by atoms with Gasteiger partial charge in [-0.15, -0.1) is 0 Å². The van der Waals surface area contributed by atoms with Gasteiger partial charge in [-0.25, -0.2) is 9.78 Å². The van der Waals surface area contributed by atoms with Crippen LogP contribution in [0.1, 0.15) is 31.1 Å². The van der Waals surface area contributed by atoms with E-state index < -0.39 is 14.3 Å². The molecule has 4 nitrogen and oxygen atoms in total. The molecule has 0 aliphatic carbocycles. The minimum atomic E-state index is -1.99. The topological polar surface area (TPSA) is 59.4 Å². The number of pyridine rings is 1. The summed E-state index contributed by atoms with van der Waals surface area (Å²) in [7, 11) is -1.99. The average molecular weight is 430 g/mol. The molecule has 0 atom stereocenters. The Kier molecular flexibility index (Phi) is 5.10. The third-order valence-corrected chi connectivity index (χ3v) is 10.6. The van der Waals surface area contributed by atoms with E-state index in [0.717, 1.165) is 16.9 Å². The van der Waals surface area contributed by atoms with E-state index in [1.54, 1.807) is 0 Å². The van der Waals surface area contributed by atoms with Crippen LogP contribution in [-0.4, -0.2) is 24.4 Å². The number of fused-ring (bicyclic) bond motifs is 2. The van der Waals surface area contributed by atoms with E-state index in [4.69, 9.17) is 9.41 Å². The van der Waals surface area contributed by atoms with Crippen molar-refractivity contribution in [3.05, 3.63) is 72.3 Å². The monoisotopic (exact) mass is 429 g/mol. The standard InChI is InChI=1S/C26H27NO3Si/c1-26(2,3)31(4,5)30-18-11-8-10-17(16-18)19-13-9-15-22-23(19)24(25(28)29)20-12-6-7-14-21(20)27-22/h6-16H,1-5H3,(H,28,29). The molecule has 0 aliphatic rings. The van der Waals surface area contributed by atoms with Gasteiger partial charge in [0.25, 0.3) is 0 Å². The lowest BCUT2D eigenvalue weighted by molar-refractivity contribution is 0.0701. The van der Waals surface area contributed by atoms with Crippen molar-refractivity contribution in [1.29, 1.82) is 0 Å². The lowest BCUT2D eigenvalue weighted by Crippen LogP contribution is -2.43.